The quantitative estimate of drug-likeness (QED) is 0.360. The van der Waals surface area contributed by atoms with Crippen molar-refractivity contribution in [1.82, 2.24) is 4.90 Å². The van der Waals surface area contributed by atoms with Crippen LogP contribution in [0.1, 0.15) is 43.2 Å². The first-order valence-corrected chi connectivity index (χ1v) is 12.2. The Balaban J connectivity index is 1.35. The molecule has 1 amide bonds. The first-order valence-electron chi connectivity index (χ1n) is 12.2. The zero-order chi connectivity index (χ0) is 23.1. The van der Waals surface area contributed by atoms with E-state index in [-0.39, 0.29) is 24.8 Å². The van der Waals surface area contributed by atoms with Crippen LogP contribution in [0.2, 0.25) is 0 Å². The standard InChI is InChI=1S/C30H29NO3/c32-29(34-20-21-9-2-1-3-10-21)31-24-13-8-14-25(31)19-30(33,18-24)28-26-15-6-4-11-22(26)17-23-12-5-7-16-27(23)28/h1-7,9-12,15-17,24-25,33H,8,13-14,18-20H2. The van der Waals surface area contributed by atoms with Gasteiger partial charge in [-0.2, -0.15) is 0 Å². The Labute approximate surface area is 199 Å². The molecule has 0 aliphatic carbocycles. The second kappa shape index (κ2) is 8.44. The molecular weight excluding hydrogens is 422 g/mol. The molecule has 172 valence electrons. The summed E-state index contributed by atoms with van der Waals surface area (Å²) in [6, 6.07) is 28.6. The van der Waals surface area contributed by atoms with Gasteiger partial charge in [0.1, 0.15) is 6.61 Å². The molecule has 0 saturated carbocycles. The number of amides is 1. The van der Waals surface area contributed by atoms with Gasteiger partial charge >= 0.3 is 6.09 Å². The summed E-state index contributed by atoms with van der Waals surface area (Å²) in [6.07, 6.45) is 3.65. The number of hydrogen-bond acceptors (Lipinski definition) is 3. The van der Waals surface area contributed by atoms with E-state index in [1.807, 2.05) is 59.5 Å². The van der Waals surface area contributed by atoms with E-state index in [0.29, 0.717) is 12.8 Å². The lowest BCUT2D eigenvalue weighted by Crippen LogP contribution is -2.59. The molecule has 0 spiro atoms. The molecule has 1 N–H and O–H groups in total. The zero-order valence-corrected chi connectivity index (χ0v) is 19.2. The molecule has 2 fully saturated rings. The van der Waals surface area contributed by atoms with E-state index in [1.54, 1.807) is 0 Å². The fourth-order valence-corrected chi connectivity index (χ4v) is 6.24. The Morgan fingerprint density at radius 3 is 2.03 bits per heavy atom. The summed E-state index contributed by atoms with van der Waals surface area (Å²) >= 11 is 0. The number of hydrogen-bond donors (Lipinski definition) is 1. The lowest BCUT2D eigenvalue weighted by molar-refractivity contribution is -0.0881. The Morgan fingerprint density at radius 1 is 0.853 bits per heavy atom. The van der Waals surface area contributed by atoms with Gasteiger partial charge in [-0.05, 0) is 58.0 Å². The van der Waals surface area contributed by atoms with Gasteiger partial charge in [0.05, 0.1) is 5.60 Å². The van der Waals surface area contributed by atoms with E-state index < -0.39 is 5.60 Å². The van der Waals surface area contributed by atoms with E-state index in [9.17, 15) is 9.90 Å². The predicted octanol–water partition coefficient (Wildman–Crippen LogP) is 6.53. The number of ether oxygens (including phenoxy) is 1. The molecule has 2 bridgehead atoms. The largest absolute Gasteiger partial charge is 0.445 e. The molecule has 34 heavy (non-hydrogen) atoms. The van der Waals surface area contributed by atoms with Crippen LogP contribution in [0.4, 0.5) is 4.79 Å². The van der Waals surface area contributed by atoms with Crippen molar-refractivity contribution in [3.63, 3.8) is 0 Å². The van der Waals surface area contributed by atoms with Gasteiger partial charge in [-0.1, -0.05) is 78.9 Å². The van der Waals surface area contributed by atoms with Crippen LogP contribution in [-0.2, 0) is 16.9 Å². The van der Waals surface area contributed by atoms with Crippen molar-refractivity contribution < 1.29 is 14.6 Å². The molecule has 0 aromatic heterocycles. The third-order valence-electron chi connectivity index (χ3n) is 7.66. The second-order valence-corrected chi connectivity index (χ2v) is 9.82. The van der Waals surface area contributed by atoms with Crippen molar-refractivity contribution in [2.45, 2.75) is 56.4 Å². The van der Waals surface area contributed by atoms with Crippen LogP contribution in [0.5, 0.6) is 0 Å². The Hall–Kier alpha value is -3.37. The fourth-order valence-electron chi connectivity index (χ4n) is 6.24. The maximum absolute atomic E-state index is 13.2. The SMILES string of the molecule is O=C(OCc1ccccc1)N1C2CCCC1CC(O)(c1c3ccccc3cc3ccccc13)C2. The van der Waals surface area contributed by atoms with Crippen molar-refractivity contribution >= 4 is 27.6 Å². The third kappa shape index (κ3) is 3.63. The van der Waals surface area contributed by atoms with Gasteiger partial charge in [-0.15, -0.1) is 0 Å². The highest BCUT2D eigenvalue weighted by Gasteiger charge is 2.49. The predicted molar refractivity (Wildman–Crippen MR) is 134 cm³/mol. The molecule has 4 nitrogen and oxygen atoms in total. The van der Waals surface area contributed by atoms with E-state index >= 15 is 0 Å². The van der Waals surface area contributed by atoms with E-state index in [4.69, 9.17) is 4.74 Å². The van der Waals surface area contributed by atoms with Crippen LogP contribution in [-0.4, -0.2) is 28.2 Å². The summed E-state index contributed by atoms with van der Waals surface area (Å²) in [5.41, 5.74) is 0.999. The van der Waals surface area contributed by atoms with Crippen LogP contribution >= 0.6 is 0 Å². The number of carbonyl (C=O) groups is 1. The van der Waals surface area contributed by atoms with Crippen LogP contribution in [0.25, 0.3) is 21.5 Å². The molecule has 0 radical (unpaired) electrons. The Kier molecular flexibility index (Phi) is 5.26. The first-order chi connectivity index (χ1) is 16.6. The summed E-state index contributed by atoms with van der Waals surface area (Å²) < 4.78 is 5.72. The lowest BCUT2D eigenvalue weighted by Gasteiger charge is -2.51. The molecule has 2 aliphatic heterocycles. The van der Waals surface area contributed by atoms with E-state index in [1.165, 1.54) is 0 Å². The Morgan fingerprint density at radius 2 is 1.41 bits per heavy atom. The van der Waals surface area contributed by atoms with Gasteiger partial charge in [0, 0.05) is 24.9 Å². The first kappa shape index (κ1) is 21.2. The Bertz CT molecular complexity index is 1280. The average Bonchev–Trinajstić information content (AvgIpc) is 2.86. The number of nitrogens with zero attached hydrogens (tertiary/aromatic N) is 1. The lowest BCUT2D eigenvalue weighted by atomic mass is 9.70. The van der Waals surface area contributed by atoms with Gasteiger partial charge in [-0.3, -0.25) is 0 Å². The number of aliphatic hydroxyl groups is 1. The van der Waals surface area contributed by atoms with Gasteiger partial charge in [0.2, 0.25) is 0 Å². The van der Waals surface area contributed by atoms with Crippen molar-refractivity contribution in [2.24, 2.45) is 0 Å². The summed E-state index contributed by atoms with van der Waals surface area (Å²) in [4.78, 5) is 15.1. The van der Waals surface area contributed by atoms with Crippen molar-refractivity contribution in [3.8, 4) is 0 Å². The minimum atomic E-state index is -0.994. The van der Waals surface area contributed by atoms with Crippen LogP contribution in [0, 0.1) is 0 Å². The maximum atomic E-state index is 13.2. The molecule has 2 aliphatic rings. The third-order valence-corrected chi connectivity index (χ3v) is 7.66. The van der Waals surface area contributed by atoms with Crippen LogP contribution in [0.3, 0.4) is 0 Å². The molecule has 2 unspecified atom stereocenters. The van der Waals surface area contributed by atoms with Gasteiger partial charge in [0.25, 0.3) is 0 Å². The number of piperidine rings is 2. The van der Waals surface area contributed by atoms with Crippen molar-refractivity contribution in [2.75, 3.05) is 0 Å². The highest BCUT2D eigenvalue weighted by Crippen LogP contribution is 2.48. The normalized spacial score (nSPS) is 24.3. The molecule has 2 saturated heterocycles. The highest BCUT2D eigenvalue weighted by atomic mass is 16.6. The zero-order valence-electron chi connectivity index (χ0n) is 19.2. The minimum Gasteiger partial charge on any atom is -0.445 e. The van der Waals surface area contributed by atoms with Gasteiger partial charge in [-0.25, -0.2) is 4.79 Å². The maximum Gasteiger partial charge on any atom is 0.410 e. The smallest absolute Gasteiger partial charge is 0.410 e. The summed E-state index contributed by atoms with van der Waals surface area (Å²) in [5, 5.41) is 16.7. The number of rotatable bonds is 3. The molecule has 4 heteroatoms. The minimum absolute atomic E-state index is 0.0292. The van der Waals surface area contributed by atoms with Gasteiger partial charge in [0.15, 0.2) is 0 Å². The molecule has 6 rings (SSSR count). The molecule has 2 heterocycles. The van der Waals surface area contributed by atoms with Crippen LogP contribution in [0.15, 0.2) is 84.9 Å². The highest BCUT2D eigenvalue weighted by molar-refractivity contribution is 6.03. The second-order valence-electron chi connectivity index (χ2n) is 9.82. The molecular formula is C30H29NO3. The molecule has 4 aromatic rings. The summed E-state index contributed by atoms with van der Waals surface area (Å²) in [5.74, 6) is 0. The monoisotopic (exact) mass is 451 g/mol. The molecule has 4 aromatic carbocycles. The number of fused-ring (bicyclic) bond motifs is 4. The topological polar surface area (TPSA) is 49.8 Å². The van der Waals surface area contributed by atoms with Gasteiger partial charge < -0.3 is 14.7 Å². The fraction of sp³-hybridized carbons (Fsp3) is 0.300. The molecule has 2 atom stereocenters. The number of carbonyl (C=O) groups excluding carboxylic acids is 1. The van der Waals surface area contributed by atoms with Crippen LogP contribution < -0.4 is 0 Å². The van der Waals surface area contributed by atoms with E-state index in [2.05, 4.69) is 30.3 Å². The summed E-state index contributed by atoms with van der Waals surface area (Å²) in [7, 11) is 0. The van der Waals surface area contributed by atoms with E-state index in [0.717, 1.165) is 51.9 Å². The summed E-state index contributed by atoms with van der Waals surface area (Å²) in [6.45, 7) is 0.272. The van der Waals surface area contributed by atoms with Crippen molar-refractivity contribution in [3.05, 3.63) is 96.1 Å². The number of benzene rings is 4. The average molecular weight is 452 g/mol. The van der Waals surface area contributed by atoms with Crippen molar-refractivity contribution in [1.29, 1.82) is 0 Å².